The van der Waals surface area contributed by atoms with Gasteiger partial charge in [-0.15, -0.1) is 11.3 Å². The third-order valence-corrected chi connectivity index (χ3v) is 7.21. The van der Waals surface area contributed by atoms with Gasteiger partial charge in [0.05, 0.1) is 10.5 Å². The lowest BCUT2D eigenvalue weighted by atomic mass is 9.88. The molecular weight excluding hydrogens is 410 g/mol. The quantitative estimate of drug-likeness (QED) is 0.792. The highest BCUT2D eigenvalue weighted by Gasteiger charge is 2.44. The molecule has 6 nitrogen and oxygen atoms in total. The number of piperidine rings is 1. The second-order valence-corrected chi connectivity index (χ2v) is 10.2. The van der Waals surface area contributed by atoms with Crippen molar-refractivity contribution in [2.24, 2.45) is 0 Å². The Morgan fingerprint density at radius 3 is 2.48 bits per heavy atom. The number of nitrogens with one attached hydrogen (secondary N) is 1. The van der Waals surface area contributed by atoms with Crippen molar-refractivity contribution in [3.8, 4) is 0 Å². The first-order valence-corrected chi connectivity index (χ1v) is 11.7. The van der Waals surface area contributed by atoms with Gasteiger partial charge in [-0.2, -0.15) is 0 Å². The van der Waals surface area contributed by atoms with E-state index in [4.69, 9.17) is 4.74 Å². The lowest BCUT2D eigenvalue weighted by molar-refractivity contribution is -0.180. The fraction of sp³-hybridized carbons (Fsp3) is 0.500. The van der Waals surface area contributed by atoms with Crippen molar-refractivity contribution in [3.05, 3.63) is 57.3 Å². The number of ether oxygens (including phenoxy) is 1. The molecule has 4 rings (SSSR count). The third kappa shape index (κ3) is 5.17. The van der Waals surface area contributed by atoms with E-state index < -0.39 is 6.10 Å². The molecule has 1 spiro atoms. The fourth-order valence-corrected chi connectivity index (χ4v) is 5.30. The number of likely N-dealkylation sites (N-methyl/N-ethyl adjacent to an activating group) is 1. The third-order valence-electron chi connectivity index (χ3n) is 6.22. The monoisotopic (exact) mass is 441 g/mol. The average Bonchev–Trinajstić information content (AvgIpc) is 3.19. The zero-order valence-corrected chi connectivity index (χ0v) is 19.3. The summed E-state index contributed by atoms with van der Waals surface area (Å²) >= 11 is 1.54. The summed E-state index contributed by atoms with van der Waals surface area (Å²) in [6.45, 7) is 7.24. The van der Waals surface area contributed by atoms with E-state index in [0.717, 1.165) is 34.7 Å². The molecule has 0 aliphatic carbocycles. The highest BCUT2D eigenvalue weighted by atomic mass is 32.1. The number of hydrogen-bond donors (Lipinski definition) is 1. The molecule has 2 aliphatic heterocycles. The summed E-state index contributed by atoms with van der Waals surface area (Å²) in [6, 6.07) is 12.1. The summed E-state index contributed by atoms with van der Waals surface area (Å²) in [4.78, 5) is 31.7. The lowest BCUT2D eigenvalue weighted by Crippen LogP contribution is -2.61. The number of hydrogen-bond acceptors (Lipinski definition) is 5. The van der Waals surface area contributed by atoms with E-state index in [1.165, 1.54) is 5.56 Å². The first-order valence-electron chi connectivity index (χ1n) is 10.9. The number of carbonyl (C=O) groups is 2. The molecule has 0 radical (unpaired) electrons. The number of likely N-dealkylation sites (tertiary alicyclic amines) is 1. The van der Waals surface area contributed by atoms with Gasteiger partial charge in [0.25, 0.3) is 11.8 Å². The predicted octanol–water partition coefficient (Wildman–Crippen LogP) is 2.99. The minimum atomic E-state index is -0.494. The van der Waals surface area contributed by atoms with Crippen LogP contribution in [0.2, 0.25) is 0 Å². The molecule has 166 valence electrons. The number of thiophene rings is 1. The van der Waals surface area contributed by atoms with Crippen LogP contribution in [0.25, 0.3) is 0 Å². The Morgan fingerprint density at radius 2 is 1.84 bits per heavy atom. The van der Waals surface area contributed by atoms with Crippen LogP contribution in [-0.2, 0) is 16.1 Å². The largest absolute Gasteiger partial charge is 0.359 e. The molecule has 7 heteroatoms. The second kappa shape index (κ2) is 9.10. The molecule has 2 amide bonds. The van der Waals surface area contributed by atoms with E-state index in [9.17, 15) is 9.59 Å². The highest BCUT2D eigenvalue weighted by molar-refractivity contribution is 7.13. The highest BCUT2D eigenvalue weighted by Crippen LogP contribution is 2.33. The van der Waals surface area contributed by atoms with Crippen LogP contribution < -0.4 is 5.32 Å². The molecular formula is C24H31N3O3S. The zero-order valence-electron chi connectivity index (χ0n) is 18.5. The number of morpholine rings is 1. The second-order valence-electron chi connectivity index (χ2n) is 8.89. The van der Waals surface area contributed by atoms with Crippen LogP contribution in [-0.4, -0.2) is 66.5 Å². The number of carbonyl (C=O) groups excluding carboxylic acids is 2. The van der Waals surface area contributed by atoms with E-state index in [-0.39, 0.29) is 17.4 Å². The van der Waals surface area contributed by atoms with Gasteiger partial charge in [-0.3, -0.25) is 9.59 Å². The molecule has 2 saturated heterocycles. The molecule has 0 unspecified atom stereocenters. The predicted molar refractivity (Wildman–Crippen MR) is 122 cm³/mol. The standard InChI is InChI=1S/C24H31N3O3S/c1-17-4-7-19(8-5-17)14-25-22(28)20-15-26(3)16-24(30-20)10-12-27(13-11-24)23(29)21-9-6-18(2)31-21/h4-9,20H,10-16H2,1-3H3,(H,25,28)/t20-/m1/s1. The Bertz CT molecular complexity index is 932. The van der Waals surface area contributed by atoms with Crippen molar-refractivity contribution < 1.29 is 14.3 Å². The number of benzene rings is 1. The van der Waals surface area contributed by atoms with Gasteiger partial charge in [-0.25, -0.2) is 0 Å². The van der Waals surface area contributed by atoms with Gasteiger partial charge in [0.2, 0.25) is 0 Å². The topological polar surface area (TPSA) is 61.9 Å². The van der Waals surface area contributed by atoms with Crippen LogP contribution >= 0.6 is 11.3 Å². The van der Waals surface area contributed by atoms with Crippen LogP contribution in [0, 0.1) is 13.8 Å². The Balaban J connectivity index is 1.34. The molecule has 2 aromatic rings. The zero-order chi connectivity index (χ0) is 22.0. The summed E-state index contributed by atoms with van der Waals surface area (Å²) in [5, 5.41) is 3.03. The van der Waals surface area contributed by atoms with Gasteiger partial charge < -0.3 is 19.9 Å². The molecule has 3 heterocycles. The van der Waals surface area contributed by atoms with Crippen LogP contribution in [0.3, 0.4) is 0 Å². The van der Waals surface area contributed by atoms with E-state index >= 15 is 0 Å². The Morgan fingerprint density at radius 1 is 1.13 bits per heavy atom. The van der Waals surface area contributed by atoms with Crippen molar-refractivity contribution in [1.29, 1.82) is 0 Å². The van der Waals surface area contributed by atoms with Crippen molar-refractivity contribution in [2.75, 3.05) is 33.2 Å². The summed E-state index contributed by atoms with van der Waals surface area (Å²) in [6.07, 6.45) is 0.996. The fourth-order valence-electron chi connectivity index (χ4n) is 4.46. The van der Waals surface area contributed by atoms with Gasteiger partial charge >= 0.3 is 0 Å². The first-order chi connectivity index (χ1) is 14.8. The minimum Gasteiger partial charge on any atom is -0.359 e. The molecule has 0 bridgehead atoms. The number of rotatable bonds is 4. The SMILES string of the molecule is Cc1ccc(CNC(=O)[C@H]2CN(C)CC3(CCN(C(=O)c4ccc(C)s4)CC3)O2)cc1. The van der Waals surface area contributed by atoms with E-state index in [2.05, 4.69) is 10.2 Å². The molecule has 31 heavy (non-hydrogen) atoms. The van der Waals surface area contributed by atoms with Crippen molar-refractivity contribution >= 4 is 23.2 Å². The lowest BCUT2D eigenvalue weighted by Gasteiger charge is -2.48. The Kier molecular flexibility index (Phi) is 6.46. The average molecular weight is 442 g/mol. The number of nitrogens with zero attached hydrogens (tertiary/aromatic N) is 2. The summed E-state index contributed by atoms with van der Waals surface area (Å²) < 4.78 is 6.40. The maximum atomic E-state index is 12.8. The Labute approximate surface area is 188 Å². The molecule has 2 aliphatic rings. The molecule has 0 saturated carbocycles. The van der Waals surface area contributed by atoms with Gasteiger partial charge in [-0.1, -0.05) is 29.8 Å². The summed E-state index contributed by atoms with van der Waals surface area (Å²) in [7, 11) is 2.04. The van der Waals surface area contributed by atoms with Crippen LogP contribution in [0.4, 0.5) is 0 Å². The van der Waals surface area contributed by atoms with Gasteiger partial charge in [0.1, 0.15) is 6.10 Å². The summed E-state index contributed by atoms with van der Waals surface area (Å²) in [5.41, 5.74) is 1.91. The Hall–Kier alpha value is -2.22. The molecule has 1 aromatic heterocycles. The van der Waals surface area contributed by atoms with Gasteiger partial charge in [0, 0.05) is 37.6 Å². The number of amides is 2. The maximum absolute atomic E-state index is 12.8. The van der Waals surface area contributed by atoms with Crippen LogP contribution in [0.1, 0.15) is 38.5 Å². The van der Waals surface area contributed by atoms with Crippen LogP contribution in [0.5, 0.6) is 0 Å². The first kappa shape index (κ1) is 22.0. The van der Waals surface area contributed by atoms with E-state index in [0.29, 0.717) is 26.2 Å². The molecule has 1 atom stereocenters. The van der Waals surface area contributed by atoms with Crippen LogP contribution in [0.15, 0.2) is 36.4 Å². The smallest absolute Gasteiger partial charge is 0.263 e. The van der Waals surface area contributed by atoms with Gasteiger partial charge in [0.15, 0.2) is 0 Å². The number of aryl methyl sites for hydroxylation is 2. The minimum absolute atomic E-state index is 0.0703. The normalized spacial score (nSPS) is 21.3. The maximum Gasteiger partial charge on any atom is 0.263 e. The molecule has 1 N–H and O–H groups in total. The molecule has 2 fully saturated rings. The molecule has 1 aromatic carbocycles. The van der Waals surface area contributed by atoms with Crippen molar-refractivity contribution in [2.45, 2.75) is 44.9 Å². The van der Waals surface area contributed by atoms with E-state index in [1.807, 2.05) is 62.2 Å². The van der Waals surface area contributed by atoms with Crippen molar-refractivity contribution in [1.82, 2.24) is 15.1 Å². The van der Waals surface area contributed by atoms with Gasteiger partial charge in [-0.05, 0) is 51.4 Å². The summed E-state index contributed by atoms with van der Waals surface area (Å²) in [5.74, 6) is 0.0311. The van der Waals surface area contributed by atoms with Crippen molar-refractivity contribution in [3.63, 3.8) is 0 Å². The van der Waals surface area contributed by atoms with E-state index in [1.54, 1.807) is 11.3 Å².